The molecule has 2 atom stereocenters. The lowest BCUT2D eigenvalue weighted by Crippen LogP contribution is -2.55. The minimum absolute atomic E-state index is 0.0242. The Kier molecular flexibility index (Phi) is 5.79. The fourth-order valence-electron chi connectivity index (χ4n) is 6.12. The second-order valence-electron chi connectivity index (χ2n) is 9.59. The summed E-state index contributed by atoms with van der Waals surface area (Å²) in [7, 11) is 0. The Morgan fingerprint density at radius 3 is 2.25 bits per heavy atom. The van der Waals surface area contributed by atoms with Gasteiger partial charge in [-0.2, -0.15) is 0 Å². The number of hydrogen-bond acceptors (Lipinski definition) is 3. The van der Waals surface area contributed by atoms with Crippen molar-refractivity contribution in [1.29, 1.82) is 0 Å². The lowest BCUT2D eigenvalue weighted by Gasteiger charge is -2.44. The average Bonchev–Trinajstić information content (AvgIpc) is 3.10. The third-order valence-electron chi connectivity index (χ3n) is 7.57. The van der Waals surface area contributed by atoms with E-state index in [9.17, 15) is 9.59 Å². The average molecular weight is 449 g/mol. The standard InChI is InChI=1S/C27H32N2O2S/c1-19-18-28(22-13-7-8-14-23(22)29(19)20(2)30)26(31)25-27(16-10-4-3-5-11-17-27)21-12-6-9-15-24(21)32-25/h6-9,12-15,19,25H,3-5,10-11,16-18H2,1-2H3/t19-,25?/m0/s1. The number of amides is 2. The second kappa shape index (κ2) is 8.58. The molecule has 0 N–H and O–H groups in total. The zero-order valence-corrected chi connectivity index (χ0v) is 19.9. The third-order valence-corrected chi connectivity index (χ3v) is 9.06. The van der Waals surface area contributed by atoms with Gasteiger partial charge in [-0.05, 0) is 43.5 Å². The fourth-order valence-corrected chi connectivity index (χ4v) is 7.75. The fraction of sp³-hybridized carbons (Fsp3) is 0.481. The van der Waals surface area contributed by atoms with Gasteiger partial charge in [0.15, 0.2) is 0 Å². The first kappa shape index (κ1) is 21.6. The Balaban J connectivity index is 1.56. The van der Waals surface area contributed by atoms with Crippen molar-refractivity contribution in [2.45, 2.75) is 80.4 Å². The minimum Gasteiger partial charge on any atom is -0.307 e. The molecule has 2 aromatic rings. The quantitative estimate of drug-likeness (QED) is 0.543. The van der Waals surface area contributed by atoms with E-state index in [-0.39, 0.29) is 28.5 Å². The Morgan fingerprint density at radius 1 is 0.906 bits per heavy atom. The van der Waals surface area contributed by atoms with E-state index >= 15 is 0 Å². The van der Waals surface area contributed by atoms with Gasteiger partial charge in [0.1, 0.15) is 0 Å². The summed E-state index contributed by atoms with van der Waals surface area (Å²) in [4.78, 5) is 31.8. The molecule has 1 aliphatic carbocycles. The van der Waals surface area contributed by atoms with E-state index in [1.165, 1.54) is 42.6 Å². The van der Waals surface area contributed by atoms with Gasteiger partial charge in [0, 0.05) is 23.8 Å². The van der Waals surface area contributed by atoms with Crippen molar-refractivity contribution in [2.24, 2.45) is 0 Å². The molecule has 1 spiro atoms. The molecular formula is C27H32N2O2S. The van der Waals surface area contributed by atoms with E-state index in [1.807, 2.05) is 41.0 Å². The number of fused-ring (bicyclic) bond motifs is 3. The van der Waals surface area contributed by atoms with Gasteiger partial charge in [-0.3, -0.25) is 9.59 Å². The van der Waals surface area contributed by atoms with Crippen LogP contribution in [0, 0.1) is 0 Å². The van der Waals surface area contributed by atoms with Crippen LogP contribution in [-0.4, -0.2) is 29.7 Å². The molecular weight excluding hydrogens is 416 g/mol. The van der Waals surface area contributed by atoms with Gasteiger partial charge in [0.25, 0.3) is 0 Å². The number of hydrogen-bond donors (Lipinski definition) is 0. The van der Waals surface area contributed by atoms with Crippen LogP contribution in [0.3, 0.4) is 0 Å². The first-order chi connectivity index (χ1) is 15.5. The van der Waals surface area contributed by atoms with Gasteiger partial charge >= 0.3 is 0 Å². The Hall–Kier alpha value is -2.27. The van der Waals surface area contributed by atoms with E-state index in [4.69, 9.17) is 0 Å². The monoisotopic (exact) mass is 448 g/mol. The zero-order chi connectivity index (χ0) is 22.3. The van der Waals surface area contributed by atoms with Gasteiger partial charge in [-0.25, -0.2) is 0 Å². The van der Waals surface area contributed by atoms with E-state index < -0.39 is 0 Å². The summed E-state index contributed by atoms with van der Waals surface area (Å²) in [6.45, 7) is 4.19. The molecule has 0 aromatic heterocycles. The molecule has 4 nitrogen and oxygen atoms in total. The molecule has 5 heteroatoms. The van der Waals surface area contributed by atoms with Crippen molar-refractivity contribution in [3.63, 3.8) is 0 Å². The van der Waals surface area contributed by atoms with Crippen LogP contribution in [0.2, 0.25) is 0 Å². The molecule has 168 valence electrons. The van der Waals surface area contributed by atoms with Crippen LogP contribution in [0.5, 0.6) is 0 Å². The first-order valence-corrected chi connectivity index (χ1v) is 12.9. The summed E-state index contributed by atoms with van der Waals surface area (Å²) in [6.07, 6.45) is 8.35. The summed E-state index contributed by atoms with van der Waals surface area (Å²) in [6, 6.07) is 16.5. The molecule has 2 heterocycles. The van der Waals surface area contributed by atoms with Gasteiger partial charge in [-0.15, -0.1) is 11.8 Å². The number of nitrogens with zero attached hydrogens (tertiary/aromatic N) is 2. The van der Waals surface area contributed by atoms with E-state index in [2.05, 4.69) is 24.3 Å². The summed E-state index contributed by atoms with van der Waals surface area (Å²) in [5.41, 5.74) is 3.01. The highest BCUT2D eigenvalue weighted by atomic mass is 32.2. The number of benzene rings is 2. The Bertz CT molecular complexity index is 1030. The number of thioether (sulfide) groups is 1. The van der Waals surface area contributed by atoms with Crippen molar-refractivity contribution in [1.82, 2.24) is 0 Å². The summed E-state index contributed by atoms with van der Waals surface area (Å²) >= 11 is 1.77. The van der Waals surface area contributed by atoms with E-state index in [0.717, 1.165) is 24.2 Å². The molecule has 2 amide bonds. The SMILES string of the molecule is CC(=O)N1c2ccccc2N(C(=O)C2Sc3ccccc3C23CCCCCCC3)C[C@@H]1C. The van der Waals surface area contributed by atoms with Crippen molar-refractivity contribution in [2.75, 3.05) is 16.3 Å². The van der Waals surface area contributed by atoms with Crippen LogP contribution in [0.25, 0.3) is 0 Å². The van der Waals surface area contributed by atoms with Crippen LogP contribution < -0.4 is 9.80 Å². The van der Waals surface area contributed by atoms with Crippen molar-refractivity contribution >= 4 is 35.0 Å². The van der Waals surface area contributed by atoms with Crippen LogP contribution in [-0.2, 0) is 15.0 Å². The number of rotatable bonds is 1. The lowest BCUT2D eigenvalue weighted by atomic mass is 9.68. The summed E-state index contributed by atoms with van der Waals surface area (Å²) in [5.74, 6) is 0.227. The molecule has 0 radical (unpaired) electrons. The Morgan fingerprint density at radius 2 is 1.53 bits per heavy atom. The third kappa shape index (κ3) is 3.45. The predicted molar refractivity (Wildman–Crippen MR) is 132 cm³/mol. The van der Waals surface area contributed by atoms with Gasteiger partial charge in [0.05, 0.1) is 22.7 Å². The number of carbonyl (C=O) groups is 2. The Labute approximate surface area is 195 Å². The molecule has 1 unspecified atom stereocenters. The molecule has 3 aliphatic rings. The maximum Gasteiger partial charge on any atom is 0.241 e. The van der Waals surface area contributed by atoms with E-state index in [1.54, 1.807) is 18.7 Å². The second-order valence-corrected chi connectivity index (χ2v) is 10.7. The normalized spacial score (nSPS) is 24.4. The molecule has 32 heavy (non-hydrogen) atoms. The first-order valence-electron chi connectivity index (χ1n) is 12.0. The molecule has 1 fully saturated rings. The van der Waals surface area contributed by atoms with Crippen molar-refractivity contribution < 1.29 is 9.59 Å². The van der Waals surface area contributed by atoms with Crippen molar-refractivity contribution in [3.8, 4) is 0 Å². The van der Waals surface area contributed by atoms with Crippen LogP contribution in [0.4, 0.5) is 11.4 Å². The van der Waals surface area contributed by atoms with E-state index in [0.29, 0.717) is 6.54 Å². The highest BCUT2D eigenvalue weighted by Gasteiger charge is 2.52. The van der Waals surface area contributed by atoms with Gasteiger partial charge < -0.3 is 9.80 Å². The molecule has 2 aliphatic heterocycles. The number of para-hydroxylation sites is 2. The maximum absolute atomic E-state index is 14.3. The van der Waals surface area contributed by atoms with Crippen LogP contribution >= 0.6 is 11.8 Å². The van der Waals surface area contributed by atoms with Gasteiger partial charge in [-0.1, -0.05) is 62.4 Å². The molecule has 0 bridgehead atoms. The highest BCUT2D eigenvalue weighted by Crippen LogP contribution is 2.56. The van der Waals surface area contributed by atoms with Crippen LogP contribution in [0.1, 0.15) is 64.4 Å². The minimum atomic E-state index is -0.109. The maximum atomic E-state index is 14.3. The molecule has 0 saturated heterocycles. The number of carbonyl (C=O) groups excluding carboxylic acids is 2. The lowest BCUT2D eigenvalue weighted by molar-refractivity contribution is -0.120. The number of anilines is 2. The molecule has 2 aromatic carbocycles. The van der Waals surface area contributed by atoms with Crippen molar-refractivity contribution in [3.05, 3.63) is 54.1 Å². The molecule has 5 rings (SSSR count). The van der Waals surface area contributed by atoms with Crippen LogP contribution in [0.15, 0.2) is 53.4 Å². The largest absolute Gasteiger partial charge is 0.307 e. The van der Waals surface area contributed by atoms with Gasteiger partial charge in [0.2, 0.25) is 11.8 Å². The summed E-state index contributed by atoms with van der Waals surface area (Å²) in [5, 5.41) is -0.109. The highest BCUT2D eigenvalue weighted by molar-refractivity contribution is 8.01. The topological polar surface area (TPSA) is 40.6 Å². The smallest absolute Gasteiger partial charge is 0.241 e. The predicted octanol–water partition coefficient (Wildman–Crippen LogP) is 5.93. The zero-order valence-electron chi connectivity index (χ0n) is 19.0. The molecule has 1 saturated carbocycles. The summed E-state index contributed by atoms with van der Waals surface area (Å²) < 4.78 is 0.